The molecule has 4 N–H and O–H groups in total. The fourth-order valence-corrected chi connectivity index (χ4v) is 11.0. The van der Waals surface area contributed by atoms with E-state index in [9.17, 15) is 20.1 Å². The van der Waals surface area contributed by atoms with Crippen LogP contribution in [0.5, 0.6) is 0 Å². The maximum Gasteiger partial charge on any atom is 0.222 e. The van der Waals surface area contributed by atoms with E-state index in [1.165, 1.54) is 321 Å². The molecule has 0 radical (unpaired) electrons. The van der Waals surface area contributed by atoms with Crippen LogP contribution in [0.15, 0.2) is 36.5 Å². The van der Waals surface area contributed by atoms with Gasteiger partial charge in [0.05, 0.1) is 31.3 Å². The van der Waals surface area contributed by atoms with Crippen LogP contribution in [0.2, 0.25) is 0 Å². The molecule has 0 aromatic carbocycles. The molecule has 3 unspecified atom stereocenters. The first-order valence-electron chi connectivity index (χ1n) is 34.3. The van der Waals surface area contributed by atoms with E-state index < -0.39 is 18.2 Å². The minimum absolute atomic E-state index is 0.0157. The zero-order valence-electron chi connectivity index (χ0n) is 51.0. The highest BCUT2D eigenvalue weighted by atomic mass is 16.3. The van der Waals surface area contributed by atoms with Crippen LogP contribution in [0, 0.1) is 0 Å². The number of hydrogen-bond donors (Lipinski definition) is 4. The summed E-state index contributed by atoms with van der Waals surface area (Å²) in [5.41, 5.74) is 0. The summed E-state index contributed by atoms with van der Waals surface area (Å²) in [5.74, 6) is -0.309. The zero-order chi connectivity index (χ0) is 54.3. The Balaban J connectivity index is 3.49. The van der Waals surface area contributed by atoms with Crippen LogP contribution in [-0.2, 0) is 4.79 Å². The van der Waals surface area contributed by atoms with Gasteiger partial charge >= 0.3 is 0 Å². The number of carbonyl (C=O) groups excluding carboxylic acids is 1. The summed E-state index contributed by atoms with van der Waals surface area (Å²) in [6.07, 6.45) is 86.8. The summed E-state index contributed by atoms with van der Waals surface area (Å²) in [6, 6.07) is -0.746. The van der Waals surface area contributed by atoms with Gasteiger partial charge in [0.1, 0.15) is 0 Å². The maximum absolute atomic E-state index is 12.6. The molecule has 1 amide bonds. The van der Waals surface area contributed by atoms with E-state index in [2.05, 4.69) is 43.5 Å². The molecule has 0 aliphatic rings. The largest absolute Gasteiger partial charge is 0.394 e. The smallest absolute Gasteiger partial charge is 0.222 e. The molecule has 0 saturated heterocycles. The predicted octanol–water partition coefficient (Wildman–Crippen LogP) is 22.1. The SMILES string of the molecule is CCCCCCCCCCCCCCCCC/C=C\C/C=C\CCCCCCCCCCCCCCCCCC(O)CC(=O)NC(CO)C(O)/C=C/CCCCCCCCCCCCCCCCCCCCCCC. The average molecular weight is 1050 g/mol. The van der Waals surface area contributed by atoms with Crippen molar-refractivity contribution in [3.8, 4) is 0 Å². The lowest BCUT2D eigenvalue weighted by Crippen LogP contribution is -2.45. The molecule has 0 fully saturated rings. The van der Waals surface area contributed by atoms with Crippen molar-refractivity contribution in [2.75, 3.05) is 6.61 Å². The van der Waals surface area contributed by atoms with Gasteiger partial charge in [0.15, 0.2) is 0 Å². The van der Waals surface area contributed by atoms with Crippen molar-refractivity contribution in [1.29, 1.82) is 0 Å². The van der Waals surface area contributed by atoms with Gasteiger partial charge < -0.3 is 20.6 Å². The fraction of sp³-hybridized carbons (Fsp3) is 0.900. The van der Waals surface area contributed by atoms with Crippen molar-refractivity contribution in [3.05, 3.63) is 36.5 Å². The summed E-state index contributed by atoms with van der Waals surface area (Å²) in [6.45, 7) is 4.26. The van der Waals surface area contributed by atoms with Gasteiger partial charge in [-0.1, -0.05) is 359 Å². The van der Waals surface area contributed by atoms with E-state index in [0.29, 0.717) is 6.42 Å². The van der Waals surface area contributed by atoms with Gasteiger partial charge in [0, 0.05) is 0 Å². The van der Waals surface area contributed by atoms with Crippen LogP contribution in [0.1, 0.15) is 380 Å². The molecular formula is C70H135NO4. The summed E-state index contributed by atoms with van der Waals surface area (Å²) < 4.78 is 0. The molecule has 0 bridgehead atoms. The third-order valence-electron chi connectivity index (χ3n) is 16.2. The van der Waals surface area contributed by atoms with Crippen LogP contribution < -0.4 is 5.32 Å². The van der Waals surface area contributed by atoms with E-state index in [4.69, 9.17) is 0 Å². The molecule has 0 spiro atoms. The summed E-state index contributed by atoms with van der Waals surface area (Å²) >= 11 is 0. The first-order chi connectivity index (χ1) is 37.0. The Bertz CT molecular complexity index is 1170. The second-order valence-electron chi connectivity index (χ2n) is 23.8. The van der Waals surface area contributed by atoms with Crippen LogP contribution in [0.25, 0.3) is 0 Å². The monoisotopic (exact) mass is 1050 g/mol. The fourth-order valence-electron chi connectivity index (χ4n) is 11.0. The minimum Gasteiger partial charge on any atom is -0.394 e. The molecule has 0 heterocycles. The highest BCUT2D eigenvalue weighted by Gasteiger charge is 2.20. The van der Waals surface area contributed by atoms with Crippen LogP contribution in [0.4, 0.5) is 0 Å². The molecule has 444 valence electrons. The first-order valence-corrected chi connectivity index (χ1v) is 34.3. The van der Waals surface area contributed by atoms with Gasteiger partial charge in [-0.05, 0) is 51.4 Å². The van der Waals surface area contributed by atoms with E-state index in [-0.39, 0.29) is 18.9 Å². The predicted molar refractivity (Wildman–Crippen MR) is 333 cm³/mol. The number of nitrogens with one attached hydrogen (secondary N) is 1. The van der Waals surface area contributed by atoms with Gasteiger partial charge in [0.2, 0.25) is 5.91 Å². The number of amides is 1. The van der Waals surface area contributed by atoms with E-state index in [0.717, 1.165) is 32.1 Å². The van der Waals surface area contributed by atoms with Gasteiger partial charge in [-0.15, -0.1) is 0 Å². The Labute approximate surface area is 470 Å². The number of allylic oxidation sites excluding steroid dienone is 5. The number of unbranched alkanes of at least 4 members (excludes halogenated alkanes) is 51. The van der Waals surface area contributed by atoms with E-state index in [1.54, 1.807) is 6.08 Å². The number of aliphatic hydroxyl groups excluding tert-OH is 3. The molecule has 0 aromatic heterocycles. The molecule has 0 aliphatic carbocycles. The topological polar surface area (TPSA) is 89.8 Å². The maximum atomic E-state index is 12.6. The van der Waals surface area contributed by atoms with Crippen molar-refractivity contribution >= 4 is 5.91 Å². The number of rotatable bonds is 64. The second-order valence-corrected chi connectivity index (χ2v) is 23.8. The molecule has 75 heavy (non-hydrogen) atoms. The Hall–Kier alpha value is -1.43. The van der Waals surface area contributed by atoms with E-state index in [1.807, 2.05) is 6.08 Å². The Morgan fingerprint density at radius 3 is 0.880 bits per heavy atom. The summed E-state index contributed by atoms with van der Waals surface area (Å²) in [5, 5.41) is 33.6. The lowest BCUT2D eigenvalue weighted by molar-refractivity contribution is -0.124. The number of carbonyl (C=O) groups is 1. The van der Waals surface area contributed by atoms with Gasteiger partial charge in [0.25, 0.3) is 0 Å². The molecule has 5 heteroatoms. The molecular weight excluding hydrogens is 919 g/mol. The van der Waals surface area contributed by atoms with Crippen molar-refractivity contribution < 1.29 is 20.1 Å². The zero-order valence-corrected chi connectivity index (χ0v) is 51.0. The van der Waals surface area contributed by atoms with Gasteiger partial charge in [-0.2, -0.15) is 0 Å². The second kappa shape index (κ2) is 65.1. The number of aliphatic hydroxyl groups is 3. The minimum atomic E-state index is -0.930. The Morgan fingerprint density at radius 2 is 0.600 bits per heavy atom. The standard InChI is InChI=1S/C70H135NO4/c1-3-5-7-9-11-13-15-17-19-21-23-25-27-28-29-30-31-32-33-34-35-36-37-38-39-40-42-43-45-47-49-51-53-55-57-59-61-63-67(73)65-70(75)71-68(66-72)69(74)64-62-60-58-56-54-52-50-48-46-44-41-26-24-22-20-18-16-14-12-10-8-6-4-2/h31-32,34-35,62,64,67-69,72-74H,3-30,33,36-61,63,65-66H2,1-2H3,(H,71,75)/b32-31-,35-34-,64-62+. The molecule has 0 aromatic rings. The lowest BCUT2D eigenvalue weighted by Gasteiger charge is -2.21. The third kappa shape index (κ3) is 61.6. The quantitative estimate of drug-likeness (QED) is 0.0361. The third-order valence-corrected chi connectivity index (χ3v) is 16.2. The summed E-state index contributed by atoms with van der Waals surface area (Å²) in [7, 11) is 0. The van der Waals surface area contributed by atoms with Crippen molar-refractivity contribution in [1.82, 2.24) is 5.32 Å². The van der Waals surface area contributed by atoms with Crippen molar-refractivity contribution in [2.24, 2.45) is 0 Å². The Kier molecular flexibility index (Phi) is 63.8. The molecule has 0 aliphatic heterocycles. The highest BCUT2D eigenvalue weighted by Crippen LogP contribution is 2.19. The van der Waals surface area contributed by atoms with Crippen LogP contribution in [0.3, 0.4) is 0 Å². The first kappa shape index (κ1) is 73.6. The van der Waals surface area contributed by atoms with Crippen LogP contribution >= 0.6 is 0 Å². The van der Waals surface area contributed by atoms with Crippen molar-refractivity contribution in [3.63, 3.8) is 0 Å². The van der Waals surface area contributed by atoms with Crippen LogP contribution in [-0.4, -0.2) is 46.1 Å². The average Bonchev–Trinajstić information content (AvgIpc) is 3.41. The van der Waals surface area contributed by atoms with Crippen molar-refractivity contribution in [2.45, 2.75) is 398 Å². The normalized spacial score (nSPS) is 13.3. The number of hydrogen-bond acceptors (Lipinski definition) is 4. The molecule has 0 saturated carbocycles. The molecule has 5 nitrogen and oxygen atoms in total. The Morgan fingerprint density at radius 1 is 0.347 bits per heavy atom. The molecule has 3 atom stereocenters. The lowest BCUT2D eigenvalue weighted by atomic mass is 10.0. The molecule has 0 rings (SSSR count). The van der Waals surface area contributed by atoms with Gasteiger partial charge in [-0.3, -0.25) is 4.79 Å². The summed E-state index contributed by atoms with van der Waals surface area (Å²) in [4.78, 5) is 12.6. The van der Waals surface area contributed by atoms with Gasteiger partial charge in [-0.25, -0.2) is 0 Å². The van der Waals surface area contributed by atoms with E-state index >= 15 is 0 Å². The highest BCUT2D eigenvalue weighted by molar-refractivity contribution is 5.76.